The highest BCUT2D eigenvalue weighted by Crippen LogP contribution is 2.32. The van der Waals surface area contributed by atoms with Crippen LogP contribution >= 0.6 is 0 Å². The number of amides is 1. The minimum absolute atomic E-state index is 0.101. The lowest BCUT2D eigenvalue weighted by molar-refractivity contribution is -0.133. The fourth-order valence-corrected chi connectivity index (χ4v) is 4.27. The van der Waals surface area contributed by atoms with E-state index >= 15 is 0 Å². The molecule has 0 aliphatic carbocycles. The van der Waals surface area contributed by atoms with Crippen molar-refractivity contribution in [2.75, 3.05) is 19.6 Å². The van der Waals surface area contributed by atoms with Crippen LogP contribution < -0.4 is 5.32 Å². The van der Waals surface area contributed by atoms with Crippen LogP contribution in [0.2, 0.25) is 0 Å². The van der Waals surface area contributed by atoms with E-state index in [1.165, 1.54) is 12.8 Å². The van der Waals surface area contributed by atoms with Crippen LogP contribution in [0, 0.1) is 0 Å². The van der Waals surface area contributed by atoms with Gasteiger partial charge in [-0.2, -0.15) is 0 Å². The summed E-state index contributed by atoms with van der Waals surface area (Å²) in [6, 6.07) is 2.01. The number of hydrogen-bond acceptors (Lipinski definition) is 3. The van der Waals surface area contributed by atoms with E-state index in [0.717, 1.165) is 38.9 Å². The van der Waals surface area contributed by atoms with Crippen molar-refractivity contribution in [2.45, 2.75) is 70.1 Å². The third-order valence-corrected chi connectivity index (χ3v) is 5.11. The monoisotopic (exact) mass is 265 g/mol. The number of carbonyl (C=O) groups excluding carboxylic acids is 1. The van der Waals surface area contributed by atoms with Crippen molar-refractivity contribution < 1.29 is 4.79 Å². The second kappa shape index (κ2) is 5.41. The third-order valence-electron chi connectivity index (χ3n) is 5.11. The van der Waals surface area contributed by atoms with E-state index in [9.17, 15) is 4.79 Å². The molecule has 0 saturated carbocycles. The first-order chi connectivity index (χ1) is 9.16. The van der Waals surface area contributed by atoms with E-state index < -0.39 is 0 Å². The van der Waals surface area contributed by atoms with Crippen molar-refractivity contribution >= 4 is 5.91 Å². The number of likely N-dealkylation sites (tertiary alicyclic amines) is 1. The Morgan fingerprint density at radius 2 is 1.95 bits per heavy atom. The van der Waals surface area contributed by atoms with Gasteiger partial charge in [0.1, 0.15) is 0 Å². The van der Waals surface area contributed by atoms with Crippen molar-refractivity contribution in [2.24, 2.45) is 0 Å². The van der Waals surface area contributed by atoms with Crippen molar-refractivity contribution in [3.63, 3.8) is 0 Å². The molecule has 0 aromatic heterocycles. The lowest BCUT2D eigenvalue weighted by Crippen LogP contribution is -2.48. The minimum Gasteiger partial charge on any atom is -0.340 e. The maximum absolute atomic E-state index is 12.6. The number of carbonyl (C=O) groups is 1. The van der Waals surface area contributed by atoms with Crippen LogP contribution in [0.3, 0.4) is 0 Å². The molecule has 0 spiro atoms. The Labute approximate surface area is 116 Å². The largest absolute Gasteiger partial charge is 0.340 e. The van der Waals surface area contributed by atoms with Gasteiger partial charge in [-0.3, -0.25) is 9.69 Å². The SMILES string of the molecule is CC(C)N1C2CCC1CN(C(=O)C1CCCN1)CC2. The van der Waals surface area contributed by atoms with Gasteiger partial charge in [-0.1, -0.05) is 0 Å². The second-order valence-corrected chi connectivity index (χ2v) is 6.65. The molecular weight excluding hydrogens is 238 g/mol. The molecule has 3 saturated heterocycles. The Kier molecular flexibility index (Phi) is 3.81. The van der Waals surface area contributed by atoms with Crippen LogP contribution in [0.5, 0.6) is 0 Å². The number of hydrogen-bond donors (Lipinski definition) is 1. The summed E-state index contributed by atoms with van der Waals surface area (Å²) in [5.74, 6) is 0.355. The molecule has 4 heteroatoms. The quantitative estimate of drug-likeness (QED) is 0.815. The van der Waals surface area contributed by atoms with E-state index in [1.807, 2.05) is 0 Å². The van der Waals surface area contributed by atoms with Gasteiger partial charge in [0, 0.05) is 31.2 Å². The standard InChI is InChI=1S/C15H27N3O/c1-11(2)18-12-5-6-13(18)10-17(9-7-12)15(19)14-4-3-8-16-14/h11-14,16H,3-10H2,1-2H3. The summed E-state index contributed by atoms with van der Waals surface area (Å²) in [5.41, 5.74) is 0. The average Bonchev–Trinajstić information content (AvgIpc) is 2.95. The Hall–Kier alpha value is -0.610. The zero-order valence-corrected chi connectivity index (χ0v) is 12.3. The van der Waals surface area contributed by atoms with Crippen LogP contribution in [0.4, 0.5) is 0 Å². The fraction of sp³-hybridized carbons (Fsp3) is 0.933. The third kappa shape index (κ3) is 2.52. The normalized spacial score (nSPS) is 35.9. The molecule has 108 valence electrons. The molecule has 2 bridgehead atoms. The van der Waals surface area contributed by atoms with Gasteiger partial charge in [-0.15, -0.1) is 0 Å². The summed E-state index contributed by atoms with van der Waals surface area (Å²) >= 11 is 0. The second-order valence-electron chi connectivity index (χ2n) is 6.65. The molecule has 19 heavy (non-hydrogen) atoms. The van der Waals surface area contributed by atoms with Crippen molar-refractivity contribution in [3.8, 4) is 0 Å². The molecule has 1 amide bonds. The van der Waals surface area contributed by atoms with Gasteiger partial charge < -0.3 is 10.2 Å². The number of rotatable bonds is 2. The fourth-order valence-electron chi connectivity index (χ4n) is 4.27. The lowest BCUT2D eigenvalue weighted by Gasteiger charge is -2.32. The van der Waals surface area contributed by atoms with Gasteiger partial charge >= 0.3 is 0 Å². The summed E-state index contributed by atoms with van der Waals surface area (Å²) in [6.45, 7) is 7.50. The van der Waals surface area contributed by atoms with E-state index in [-0.39, 0.29) is 6.04 Å². The molecule has 4 nitrogen and oxygen atoms in total. The molecule has 3 aliphatic rings. The van der Waals surface area contributed by atoms with Crippen molar-refractivity contribution in [1.29, 1.82) is 0 Å². The van der Waals surface area contributed by atoms with Crippen LogP contribution in [0.15, 0.2) is 0 Å². The zero-order chi connectivity index (χ0) is 13.4. The number of nitrogens with one attached hydrogen (secondary N) is 1. The van der Waals surface area contributed by atoms with Gasteiger partial charge in [-0.05, 0) is 52.5 Å². The van der Waals surface area contributed by atoms with Gasteiger partial charge in [0.15, 0.2) is 0 Å². The highest BCUT2D eigenvalue weighted by molar-refractivity contribution is 5.82. The molecule has 0 aromatic carbocycles. The predicted molar refractivity (Wildman–Crippen MR) is 76.0 cm³/mol. The van der Waals surface area contributed by atoms with Crippen molar-refractivity contribution in [1.82, 2.24) is 15.1 Å². The van der Waals surface area contributed by atoms with Crippen LogP contribution in [-0.2, 0) is 4.79 Å². The first-order valence-corrected chi connectivity index (χ1v) is 7.96. The Morgan fingerprint density at radius 3 is 2.63 bits per heavy atom. The van der Waals surface area contributed by atoms with Crippen molar-refractivity contribution in [3.05, 3.63) is 0 Å². The van der Waals surface area contributed by atoms with Crippen LogP contribution in [-0.4, -0.2) is 59.5 Å². The molecule has 3 rings (SSSR count). The molecule has 3 aliphatic heterocycles. The summed E-state index contributed by atoms with van der Waals surface area (Å²) in [7, 11) is 0. The summed E-state index contributed by atoms with van der Waals surface area (Å²) < 4.78 is 0. The Bertz CT molecular complexity index is 338. The summed E-state index contributed by atoms with van der Waals surface area (Å²) in [4.78, 5) is 17.4. The Balaban J connectivity index is 1.68. The van der Waals surface area contributed by atoms with Gasteiger partial charge in [0.2, 0.25) is 5.91 Å². The van der Waals surface area contributed by atoms with Gasteiger partial charge in [-0.25, -0.2) is 0 Å². The predicted octanol–water partition coefficient (Wildman–Crippen LogP) is 1.21. The summed E-state index contributed by atoms with van der Waals surface area (Å²) in [5, 5.41) is 3.35. The molecule has 3 atom stereocenters. The topological polar surface area (TPSA) is 35.6 Å². The van der Waals surface area contributed by atoms with E-state index in [0.29, 0.717) is 24.0 Å². The van der Waals surface area contributed by atoms with Gasteiger partial charge in [0.05, 0.1) is 6.04 Å². The number of fused-ring (bicyclic) bond motifs is 2. The molecule has 3 fully saturated rings. The molecule has 0 aromatic rings. The van der Waals surface area contributed by atoms with Gasteiger partial charge in [0.25, 0.3) is 0 Å². The van der Waals surface area contributed by atoms with E-state index in [1.54, 1.807) is 0 Å². The highest BCUT2D eigenvalue weighted by atomic mass is 16.2. The maximum atomic E-state index is 12.6. The smallest absolute Gasteiger partial charge is 0.239 e. The van der Waals surface area contributed by atoms with E-state index in [2.05, 4.69) is 29.0 Å². The zero-order valence-electron chi connectivity index (χ0n) is 12.3. The first-order valence-electron chi connectivity index (χ1n) is 7.96. The highest BCUT2D eigenvalue weighted by Gasteiger charge is 2.40. The molecular formula is C15H27N3O. The molecule has 0 radical (unpaired) electrons. The van der Waals surface area contributed by atoms with E-state index in [4.69, 9.17) is 0 Å². The average molecular weight is 265 g/mol. The summed E-state index contributed by atoms with van der Waals surface area (Å²) in [6.07, 6.45) is 5.93. The Morgan fingerprint density at radius 1 is 1.16 bits per heavy atom. The molecule has 3 heterocycles. The number of nitrogens with zero attached hydrogens (tertiary/aromatic N) is 2. The molecule has 1 N–H and O–H groups in total. The molecule has 3 unspecified atom stereocenters. The van der Waals surface area contributed by atoms with Crippen LogP contribution in [0.1, 0.15) is 46.0 Å². The van der Waals surface area contributed by atoms with Crippen LogP contribution in [0.25, 0.3) is 0 Å². The minimum atomic E-state index is 0.101. The lowest BCUT2D eigenvalue weighted by atomic mass is 10.1. The first kappa shape index (κ1) is 13.4. The maximum Gasteiger partial charge on any atom is 0.239 e.